The number of aromatic nitrogens is 1. The van der Waals surface area contributed by atoms with E-state index in [2.05, 4.69) is 31.0 Å². The first kappa shape index (κ1) is 21.0. The fraction of sp³-hybridized carbons (Fsp3) is 0.348. The number of ether oxygens (including phenoxy) is 1. The standard InChI is InChI=1S/C23H26N2O3S/c1-5-28-22(27)14-25-19-11-6-16(4)12-20(19)29-23(25)24-21(26)13-17-7-9-18(10-8-17)15(2)3/h6-12,15H,5,13-14H2,1-4H3. The summed E-state index contributed by atoms with van der Waals surface area (Å²) in [5.41, 5.74) is 4.16. The third-order valence-electron chi connectivity index (χ3n) is 4.65. The number of hydrogen-bond donors (Lipinski definition) is 0. The van der Waals surface area contributed by atoms with Crippen LogP contribution in [0, 0.1) is 6.92 Å². The van der Waals surface area contributed by atoms with Crippen LogP contribution in [0.1, 0.15) is 43.4 Å². The van der Waals surface area contributed by atoms with Crippen molar-refractivity contribution in [3.8, 4) is 0 Å². The van der Waals surface area contributed by atoms with Gasteiger partial charge in [0.05, 0.1) is 23.2 Å². The third-order valence-corrected chi connectivity index (χ3v) is 5.69. The Labute approximate surface area is 174 Å². The number of hydrogen-bond acceptors (Lipinski definition) is 4. The quantitative estimate of drug-likeness (QED) is 0.567. The molecule has 3 rings (SSSR count). The third kappa shape index (κ3) is 5.21. The van der Waals surface area contributed by atoms with Gasteiger partial charge in [-0.25, -0.2) is 0 Å². The zero-order valence-corrected chi connectivity index (χ0v) is 18.1. The number of rotatable bonds is 6. The van der Waals surface area contributed by atoms with Gasteiger partial charge in [-0.1, -0.05) is 55.5 Å². The highest BCUT2D eigenvalue weighted by Gasteiger charge is 2.13. The van der Waals surface area contributed by atoms with Crippen LogP contribution < -0.4 is 4.80 Å². The molecule has 0 aliphatic carbocycles. The van der Waals surface area contributed by atoms with Crippen molar-refractivity contribution in [2.24, 2.45) is 4.99 Å². The molecule has 0 N–H and O–H groups in total. The van der Waals surface area contributed by atoms with Crippen molar-refractivity contribution in [3.63, 3.8) is 0 Å². The van der Waals surface area contributed by atoms with Crippen molar-refractivity contribution < 1.29 is 14.3 Å². The summed E-state index contributed by atoms with van der Waals surface area (Å²) in [6.07, 6.45) is 0.227. The van der Waals surface area contributed by atoms with Crippen LogP contribution in [0.25, 0.3) is 10.2 Å². The van der Waals surface area contributed by atoms with Crippen LogP contribution in [0.4, 0.5) is 0 Å². The van der Waals surface area contributed by atoms with Crippen LogP contribution in [-0.2, 0) is 27.3 Å². The van der Waals surface area contributed by atoms with Gasteiger partial charge in [-0.15, -0.1) is 0 Å². The largest absolute Gasteiger partial charge is 0.465 e. The number of esters is 1. The molecule has 0 radical (unpaired) electrons. The van der Waals surface area contributed by atoms with Crippen molar-refractivity contribution in [2.75, 3.05) is 6.61 Å². The molecule has 0 bridgehead atoms. The van der Waals surface area contributed by atoms with E-state index in [1.807, 2.05) is 37.3 Å². The van der Waals surface area contributed by atoms with Gasteiger partial charge < -0.3 is 9.30 Å². The Morgan fingerprint density at radius 3 is 2.52 bits per heavy atom. The molecule has 0 saturated heterocycles. The van der Waals surface area contributed by atoms with Crippen LogP contribution >= 0.6 is 11.3 Å². The van der Waals surface area contributed by atoms with E-state index < -0.39 is 0 Å². The molecule has 152 valence electrons. The second-order valence-corrected chi connectivity index (χ2v) is 8.33. The molecule has 6 heteroatoms. The minimum absolute atomic E-state index is 0.0338. The summed E-state index contributed by atoms with van der Waals surface area (Å²) < 4.78 is 7.84. The summed E-state index contributed by atoms with van der Waals surface area (Å²) in [6, 6.07) is 14.0. The van der Waals surface area contributed by atoms with E-state index in [1.54, 1.807) is 11.5 Å². The van der Waals surface area contributed by atoms with Crippen LogP contribution in [-0.4, -0.2) is 23.1 Å². The highest BCUT2D eigenvalue weighted by atomic mass is 32.1. The average Bonchev–Trinajstić information content (AvgIpc) is 2.98. The fourth-order valence-electron chi connectivity index (χ4n) is 3.10. The van der Waals surface area contributed by atoms with Gasteiger partial charge in [0.1, 0.15) is 6.54 Å². The number of benzene rings is 2. The lowest BCUT2D eigenvalue weighted by Crippen LogP contribution is -2.23. The first-order valence-electron chi connectivity index (χ1n) is 9.79. The summed E-state index contributed by atoms with van der Waals surface area (Å²) in [5.74, 6) is -0.123. The Kier molecular flexibility index (Phi) is 6.64. The summed E-state index contributed by atoms with van der Waals surface area (Å²) in [5, 5.41) is 0. The second-order valence-electron chi connectivity index (χ2n) is 7.33. The highest BCUT2D eigenvalue weighted by Crippen LogP contribution is 2.19. The van der Waals surface area contributed by atoms with E-state index in [9.17, 15) is 9.59 Å². The number of amides is 1. The number of aryl methyl sites for hydroxylation is 1. The Bertz CT molecular complexity index is 1090. The molecule has 3 aromatic rings. The Hall–Kier alpha value is -2.73. The maximum absolute atomic E-state index is 12.6. The Balaban J connectivity index is 1.92. The normalized spacial score (nSPS) is 12.0. The van der Waals surface area contributed by atoms with Crippen molar-refractivity contribution in [1.29, 1.82) is 0 Å². The molecule has 1 amide bonds. The number of carbonyl (C=O) groups excluding carboxylic acids is 2. The molecule has 29 heavy (non-hydrogen) atoms. The van der Waals surface area contributed by atoms with E-state index in [4.69, 9.17) is 4.74 Å². The van der Waals surface area contributed by atoms with E-state index in [0.717, 1.165) is 21.3 Å². The summed E-state index contributed by atoms with van der Waals surface area (Å²) in [4.78, 5) is 29.5. The smallest absolute Gasteiger partial charge is 0.326 e. The molecule has 5 nitrogen and oxygen atoms in total. The topological polar surface area (TPSA) is 60.7 Å². The zero-order valence-electron chi connectivity index (χ0n) is 17.3. The fourth-order valence-corrected chi connectivity index (χ4v) is 4.24. The van der Waals surface area contributed by atoms with Crippen molar-refractivity contribution >= 4 is 33.4 Å². The van der Waals surface area contributed by atoms with Crippen molar-refractivity contribution in [2.45, 2.75) is 46.6 Å². The zero-order chi connectivity index (χ0) is 21.0. The molecule has 0 aliphatic heterocycles. The molecule has 0 aliphatic rings. The van der Waals surface area contributed by atoms with Gasteiger partial charge in [0.2, 0.25) is 0 Å². The van der Waals surface area contributed by atoms with E-state index in [1.165, 1.54) is 16.9 Å². The molecule has 0 saturated carbocycles. The second kappa shape index (κ2) is 9.18. The molecule has 0 unspecified atom stereocenters. The molecule has 1 aromatic heterocycles. The molecule has 2 aromatic carbocycles. The number of thiazole rings is 1. The molecule has 0 fully saturated rings. The van der Waals surface area contributed by atoms with Gasteiger partial charge in [-0.3, -0.25) is 9.59 Å². The number of carbonyl (C=O) groups is 2. The maximum Gasteiger partial charge on any atom is 0.326 e. The lowest BCUT2D eigenvalue weighted by molar-refractivity contribution is -0.143. The SMILES string of the molecule is CCOC(=O)Cn1c(=NC(=O)Cc2ccc(C(C)C)cc2)sc2cc(C)ccc21. The van der Waals surface area contributed by atoms with E-state index in [-0.39, 0.29) is 24.8 Å². The molecular formula is C23H26N2O3S. The van der Waals surface area contributed by atoms with Gasteiger partial charge in [0.25, 0.3) is 5.91 Å². The average molecular weight is 411 g/mol. The minimum Gasteiger partial charge on any atom is -0.465 e. The van der Waals surface area contributed by atoms with Crippen LogP contribution in [0.3, 0.4) is 0 Å². The van der Waals surface area contributed by atoms with Gasteiger partial charge in [0, 0.05) is 0 Å². The lowest BCUT2D eigenvalue weighted by atomic mass is 10.0. The predicted molar refractivity (Wildman–Crippen MR) is 116 cm³/mol. The first-order valence-corrected chi connectivity index (χ1v) is 10.6. The first-order chi connectivity index (χ1) is 13.9. The van der Waals surface area contributed by atoms with Gasteiger partial charge in [-0.2, -0.15) is 4.99 Å². The lowest BCUT2D eigenvalue weighted by Gasteiger charge is -2.06. The summed E-state index contributed by atoms with van der Waals surface area (Å²) in [7, 11) is 0. The molecule has 1 heterocycles. The summed E-state index contributed by atoms with van der Waals surface area (Å²) in [6.45, 7) is 8.42. The van der Waals surface area contributed by atoms with Gasteiger partial charge in [-0.05, 0) is 48.6 Å². The van der Waals surface area contributed by atoms with Gasteiger partial charge >= 0.3 is 5.97 Å². The maximum atomic E-state index is 12.6. The minimum atomic E-state index is -0.342. The number of fused-ring (bicyclic) bond motifs is 1. The van der Waals surface area contributed by atoms with Crippen LogP contribution in [0.5, 0.6) is 0 Å². The molecule has 0 atom stereocenters. The van der Waals surface area contributed by atoms with Crippen LogP contribution in [0.15, 0.2) is 47.5 Å². The number of nitrogens with zero attached hydrogens (tertiary/aromatic N) is 2. The van der Waals surface area contributed by atoms with Crippen molar-refractivity contribution in [3.05, 3.63) is 64.0 Å². The molecule has 0 spiro atoms. The summed E-state index contributed by atoms with van der Waals surface area (Å²) >= 11 is 1.41. The predicted octanol–water partition coefficient (Wildman–Crippen LogP) is 4.37. The Morgan fingerprint density at radius 1 is 1.14 bits per heavy atom. The highest BCUT2D eigenvalue weighted by molar-refractivity contribution is 7.16. The van der Waals surface area contributed by atoms with E-state index in [0.29, 0.717) is 17.3 Å². The monoisotopic (exact) mass is 410 g/mol. The van der Waals surface area contributed by atoms with Crippen molar-refractivity contribution in [1.82, 2.24) is 4.57 Å². The molecular weight excluding hydrogens is 384 g/mol. The Morgan fingerprint density at radius 2 is 1.86 bits per heavy atom. The van der Waals surface area contributed by atoms with Crippen LogP contribution in [0.2, 0.25) is 0 Å². The van der Waals surface area contributed by atoms with Gasteiger partial charge in [0.15, 0.2) is 4.80 Å². The van der Waals surface area contributed by atoms with E-state index >= 15 is 0 Å².